The van der Waals surface area contributed by atoms with E-state index in [-0.39, 0.29) is 6.10 Å². The molecule has 1 aromatic rings. The minimum Gasteiger partial charge on any atom is -0.415 e. The molecule has 0 N–H and O–H groups in total. The monoisotopic (exact) mass is 341 g/mol. The molecule has 0 radical (unpaired) electrons. The molecule has 1 atom stereocenters. The molecule has 0 spiro atoms. The van der Waals surface area contributed by atoms with Crippen LogP contribution in [-0.2, 0) is 19.6 Å². The van der Waals surface area contributed by atoms with E-state index in [1.165, 1.54) is 12.8 Å². The maximum Gasteiger partial charge on any atom is 0.323 e. The van der Waals surface area contributed by atoms with Crippen molar-refractivity contribution in [3.05, 3.63) is 30.1 Å². The second kappa shape index (κ2) is 8.93. The standard InChI is InChI=1S/C16H31NO3Si2/c1-7-8-10-15(2)19-22(5,6)20-21(3,4)18-14-16-11-9-12-17-13-16/h9,11-13,15H,7-8,10,14H2,1-6H3. The van der Waals surface area contributed by atoms with Gasteiger partial charge in [-0.05, 0) is 51.2 Å². The third-order valence-electron chi connectivity index (χ3n) is 3.25. The lowest BCUT2D eigenvalue weighted by molar-refractivity contribution is 0.141. The molecule has 0 aliphatic heterocycles. The van der Waals surface area contributed by atoms with Gasteiger partial charge in [0.25, 0.3) is 0 Å². The first-order chi connectivity index (χ1) is 10.2. The van der Waals surface area contributed by atoms with Gasteiger partial charge in [-0.2, -0.15) is 0 Å². The van der Waals surface area contributed by atoms with Crippen molar-refractivity contribution in [3.8, 4) is 0 Å². The summed E-state index contributed by atoms with van der Waals surface area (Å²) in [5, 5.41) is 0. The lowest BCUT2D eigenvalue weighted by Gasteiger charge is -2.34. The topological polar surface area (TPSA) is 40.6 Å². The predicted molar refractivity (Wildman–Crippen MR) is 95.1 cm³/mol. The Labute approximate surface area is 137 Å². The van der Waals surface area contributed by atoms with E-state index in [1.54, 1.807) is 6.20 Å². The normalized spacial score (nSPS) is 14.1. The van der Waals surface area contributed by atoms with Crippen LogP contribution in [0.15, 0.2) is 24.5 Å². The molecule has 1 unspecified atom stereocenters. The Bertz CT molecular complexity index is 427. The molecule has 0 aromatic carbocycles. The van der Waals surface area contributed by atoms with E-state index >= 15 is 0 Å². The lowest BCUT2D eigenvalue weighted by atomic mass is 10.2. The van der Waals surface area contributed by atoms with E-state index in [4.69, 9.17) is 13.0 Å². The molecule has 0 aliphatic carbocycles. The molecule has 1 aromatic heterocycles. The second-order valence-corrected chi connectivity index (χ2v) is 13.6. The van der Waals surface area contributed by atoms with Crippen molar-refractivity contribution in [2.45, 2.75) is 72.0 Å². The van der Waals surface area contributed by atoms with Crippen LogP contribution in [0.25, 0.3) is 0 Å². The van der Waals surface area contributed by atoms with Gasteiger partial charge in [-0.15, -0.1) is 0 Å². The fraction of sp³-hybridized carbons (Fsp3) is 0.688. The van der Waals surface area contributed by atoms with Gasteiger partial charge in [0.2, 0.25) is 0 Å². The van der Waals surface area contributed by atoms with Crippen LogP contribution in [0.5, 0.6) is 0 Å². The van der Waals surface area contributed by atoms with Crippen LogP contribution in [0.3, 0.4) is 0 Å². The quantitative estimate of drug-likeness (QED) is 0.583. The average molecular weight is 342 g/mol. The van der Waals surface area contributed by atoms with Gasteiger partial charge in [0.05, 0.1) is 6.61 Å². The van der Waals surface area contributed by atoms with Gasteiger partial charge in [0.1, 0.15) is 0 Å². The number of unbranched alkanes of at least 4 members (excludes halogenated alkanes) is 1. The van der Waals surface area contributed by atoms with Crippen molar-refractivity contribution in [1.82, 2.24) is 4.98 Å². The van der Waals surface area contributed by atoms with Crippen LogP contribution in [0, 0.1) is 0 Å². The van der Waals surface area contributed by atoms with Gasteiger partial charge in [-0.25, -0.2) is 0 Å². The van der Waals surface area contributed by atoms with Crippen LogP contribution in [0.2, 0.25) is 26.2 Å². The maximum atomic E-state index is 6.31. The summed E-state index contributed by atoms with van der Waals surface area (Å²) in [5.74, 6) is 0. The molecule has 1 rings (SSSR count). The van der Waals surface area contributed by atoms with E-state index in [2.05, 4.69) is 45.0 Å². The second-order valence-electron chi connectivity index (χ2n) is 6.62. The van der Waals surface area contributed by atoms with Crippen LogP contribution in [0.1, 0.15) is 38.7 Å². The van der Waals surface area contributed by atoms with Crippen molar-refractivity contribution in [2.75, 3.05) is 0 Å². The minimum absolute atomic E-state index is 0.254. The summed E-state index contributed by atoms with van der Waals surface area (Å²) in [6.07, 6.45) is 7.34. The summed E-state index contributed by atoms with van der Waals surface area (Å²) in [6.45, 7) is 13.3. The molecular weight excluding hydrogens is 310 g/mol. The zero-order chi connectivity index (χ0) is 16.6. The van der Waals surface area contributed by atoms with Crippen molar-refractivity contribution >= 4 is 17.1 Å². The highest BCUT2D eigenvalue weighted by Crippen LogP contribution is 2.21. The molecule has 0 saturated carbocycles. The van der Waals surface area contributed by atoms with Gasteiger partial charge in [0, 0.05) is 18.5 Å². The zero-order valence-corrected chi connectivity index (χ0v) is 16.9. The molecule has 22 heavy (non-hydrogen) atoms. The minimum atomic E-state index is -2.21. The molecule has 0 amide bonds. The molecule has 0 aliphatic rings. The van der Waals surface area contributed by atoms with Gasteiger partial charge >= 0.3 is 17.1 Å². The fourth-order valence-corrected chi connectivity index (χ4v) is 9.19. The van der Waals surface area contributed by atoms with Crippen LogP contribution < -0.4 is 0 Å². The Morgan fingerprint density at radius 2 is 1.91 bits per heavy atom. The molecular formula is C16H31NO3Si2. The van der Waals surface area contributed by atoms with E-state index in [1.807, 2.05) is 18.3 Å². The Hall–Kier alpha value is -0.536. The summed E-state index contributed by atoms with van der Waals surface area (Å²) in [6, 6.07) is 3.94. The van der Waals surface area contributed by atoms with Crippen LogP contribution >= 0.6 is 0 Å². The first-order valence-electron chi connectivity index (χ1n) is 8.15. The van der Waals surface area contributed by atoms with Crippen molar-refractivity contribution in [2.24, 2.45) is 0 Å². The summed E-state index contributed by atoms with van der Waals surface area (Å²) in [7, 11) is -4.38. The highest BCUT2D eigenvalue weighted by molar-refractivity contribution is 6.78. The fourth-order valence-electron chi connectivity index (χ4n) is 2.42. The number of nitrogens with zero attached hydrogens (tertiary/aromatic N) is 1. The first kappa shape index (κ1) is 19.5. The summed E-state index contributed by atoms with van der Waals surface area (Å²) < 4.78 is 18.5. The summed E-state index contributed by atoms with van der Waals surface area (Å²) in [4.78, 5) is 4.11. The van der Waals surface area contributed by atoms with Crippen LogP contribution in [-0.4, -0.2) is 28.2 Å². The zero-order valence-electron chi connectivity index (χ0n) is 14.9. The maximum absolute atomic E-state index is 6.31. The summed E-state index contributed by atoms with van der Waals surface area (Å²) >= 11 is 0. The predicted octanol–water partition coefficient (Wildman–Crippen LogP) is 4.61. The molecule has 0 fully saturated rings. The SMILES string of the molecule is CCCCC(C)O[Si](C)(C)O[Si](C)(C)OCc1cccnc1. The lowest BCUT2D eigenvalue weighted by Crippen LogP contribution is -2.49. The third-order valence-corrected chi connectivity index (χ3v) is 8.99. The molecule has 1 heterocycles. The average Bonchev–Trinajstić information content (AvgIpc) is 2.42. The smallest absolute Gasteiger partial charge is 0.323 e. The van der Waals surface area contributed by atoms with Crippen molar-refractivity contribution in [3.63, 3.8) is 0 Å². The van der Waals surface area contributed by atoms with Crippen LogP contribution in [0.4, 0.5) is 0 Å². The highest BCUT2D eigenvalue weighted by atomic mass is 28.5. The Morgan fingerprint density at radius 3 is 2.50 bits per heavy atom. The van der Waals surface area contributed by atoms with E-state index in [9.17, 15) is 0 Å². The number of rotatable bonds is 10. The molecule has 4 nitrogen and oxygen atoms in total. The number of aromatic nitrogens is 1. The van der Waals surface area contributed by atoms with Gasteiger partial charge < -0.3 is 13.0 Å². The van der Waals surface area contributed by atoms with Gasteiger partial charge in [-0.3, -0.25) is 4.98 Å². The first-order valence-corrected chi connectivity index (χ1v) is 13.8. The van der Waals surface area contributed by atoms with Crippen molar-refractivity contribution in [1.29, 1.82) is 0 Å². The van der Waals surface area contributed by atoms with E-state index in [0.29, 0.717) is 6.61 Å². The molecule has 0 saturated heterocycles. The molecule has 126 valence electrons. The van der Waals surface area contributed by atoms with Gasteiger partial charge in [0.15, 0.2) is 0 Å². The highest BCUT2D eigenvalue weighted by Gasteiger charge is 2.37. The Kier molecular flexibility index (Phi) is 7.92. The third kappa shape index (κ3) is 8.19. The number of hydrogen-bond acceptors (Lipinski definition) is 4. The van der Waals surface area contributed by atoms with E-state index in [0.717, 1.165) is 12.0 Å². The number of pyridine rings is 1. The molecule has 6 heteroatoms. The van der Waals surface area contributed by atoms with Crippen molar-refractivity contribution < 1.29 is 13.0 Å². The summed E-state index contributed by atoms with van der Waals surface area (Å²) in [5.41, 5.74) is 1.07. The number of hydrogen-bond donors (Lipinski definition) is 0. The Morgan fingerprint density at radius 1 is 1.18 bits per heavy atom. The Balaban J connectivity index is 2.47. The molecule has 0 bridgehead atoms. The van der Waals surface area contributed by atoms with Gasteiger partial charge in [-0.1, -0.05) is 25.8 Å². The largest absolute Gasteiger partial charge is 0.415 e. The van der Waals surface area contributed by atoms with E-state index < -0.39 is 17.1 Å².